The van der Waals surface area contributed by atoms with Crippen molar-refractivity contribution < 1.29 is 9.59 Å². The van der Waals surface area contributed by atoms with Crippen LogP contribution in [0.25, 0.3) is 22.6 Å². The van der Waals surface area contributed by atoms with E-state index < -0.39 is 11.8 Å². The predicted molar refractivity (Wildman–Crippen MR) is 125 cm³/mol. The van der Waals surface area contributed by atoms with Crippen LogP contribution in [-0.2, 0) is 0 Å². The van der Waals surface area contributed by atoms with E-state index in [1.54, 1.807) is 46.2 Å². The summed E-state index contributed by atoms with van der Waals surface area (Å²) in [5.41, 5.74) is 8.55. The van der Waals surface area contributed by atoms with Gasteiger partial charge < -0.3 is 0 Å². The monoisotopic (exact) mass is 449 g/mol. The second-order valence-electron chi connectivity index (χ2n) is 7.33. The lowest BCUT2D eigenvalue weighted by Crippen LogP contribution is -2.41. The Bertz CT molecular complexity index is 1410. The Hall–Kier alpha value is -5.05. The van der Waals surface area contributed by atoms with Gasteiger partial charge in [-0.2, -0.15) is 10.2 Å². The van der Waals surface area contributed by atoms with E-state index in [-0.39, 0.29) is 0 Å². The van der Waals surface area contributed by atoms with Gasteiger partial charge in [0.05, 0.1) is 16.9 Å². The third kappa shape index (κ3) is 4.30. The molecule has 0 unspecified atom stereocenters. The van der Waals surface area contributed by atoms with Gasteiger partial charge >= 0.3 is 0 Å². The van der Waals surface area contributed by atoms with Gasteiger partial charge in [0.25, 0.3) is 11.8 Å². The van der Waals surface area contributed by atoms with E-state index in [9.17, 15) is 9.59 Å². The first kappa shape index (κ1) is 20.8. The molecule has 166 valence electrons. The van der Waals surface area contributed by atoms with E-state index in [0.29, 0.717) is 16.8 Å². The molecule has 0 aliphatic rings. The number of hydrazine groups is 1. The Morgan fingerprint density at radius 2 is 1.35 bits per heavy atom. The lowest BCUT2D eigenvalue weighted by atomic mass is 10.1. The highest BCUT2D eigenvalue weighted by Crippen LogP contribution is 2.23. The SMILES string of the molecule is O=C(NNC(=O)c1cn(-c2ccccc2)nc1-c1ccccc1)c1ccc(-n2cncn2)cc1. The number of nitrogens with one attached hydrogen (secondary N) is 2. The van der Waals surface area contributed by atoms with Crippen LogP contribution < -0.4 is 10.9 Å². The number of nitrogens with zero attached hydrogens (tertiary/aromatic N) is 5. The van der Waals surface area contributed by atoms with Gasteiger partial charge in [0.15, 0.2) is 0 Å². The van der Waals surface area contributed by atoms with E-state index in [1.165, 1.54) is 6.33 Å². The molecule has 2 N–H and O–H groups in total. The normalized spacial score (nSPS) is 10.6. The van der Waals surface area contributed by atoms with Gasteiger partial charge in [-0.15, -0.1) is 0 Å². The summed E-state index contributed by atoms with van der Waals surface area (Å²) in [6.07, 6.45) is 4.64. The van der Waals surface area contributed by atoms with Crippen LogP contribution in [0, 0.1) is 0 Å². The Labute approximate surface area is 194 Å². The molecule has 9 nitrogen and oxygen atoms in total. The van der Waals surface area contributed by atoms with Crippen LogP contribution in [0.5, 0.6) is 0 Å². The van der Waals surface area contributed by atoms with Crippen LogP contribution in [0.4, 0.5) is 0 Å². The van der Waals surface area contributed by atoms with Crippen LogP contribution >= 0.6 is 0 Å². The molecule has 0 aliphatic carbocycles. The van der Waals surface area contributed by atoms with Crippen molar-refractivity contribution in [2.24, 2.45) is 0 Å². The van der Waals surface area contributed by atoms with Crippen molar-refractivity contribution >= 4 is 11.8 Å². The molecule has 5 rings (SSSR count). The molecule has 2 heterocycles. The fraction of sp³-hybridized carbons (Fsp3) is 0. The second kappa shape index (κ2) is 9.21. The molecule has 2 aromatic heterocycles. The number of benzene rings is 3. The van der Waals surface area contributed by atoms with Crippen LogP contribution in [0.15, 0.2) is 104 Å². The third-order valence-electron chi connectivity index (χ3n) is 5.13. The molecule has 3 aromatic carbocycles. The zero-order valence-corrected chi connectivity index (χ0v) is 17.9. The summed E-state index contributed by atoms with van der Waals surface area (Å²) < 4.78 is 3.22. The maximum absolute atomic E-state index is 13.0. The van der Waals surface area contributed by atoms with Crippen molar-refractivity contribution in [3.63, 3.8) is 0 Å². The standard InChI is InChI=1S/C25H19N7O2/c33-24(19-11-13-21(14-12-19)32-17-26-16-27-32)28-29-25(34)22-15-31(20-9-5-2-6-10-20)30-23(22)18-7-3-1-4-8-18/h1-17H,(H,28,33)(H,29,34). The average Bonchev–Trinajstić information content (AvgIpc) is 3.59. The number of hydrogen-bond acceptors (Lipinski definition) is 5. The van der Waals surface area contributed by atoms with Gasteiger partial charge in [-0.1, -0.05) is 48.5 Å². The largest absolute Gasteiger partial charge is 0.273 e. The summed E-state index contributed by atoms with van der Waals surface area (Å²) >= 11 is 0. The first-order valence-electron chi connectivity index (χ1n) is 10.5. The van der Waals surface area contributed by atoms with Crippen molar-refractivity contribution in [2.75, 3.05) is 0 Å². The molecule has 0 fully saturated rings. The smallest absolute Gasteiger partial charge is 0.267 e. The van der Waals surface area contributed by atoms with Crippen molar-refractivity contribution in [3.8, 4) is 22.6 Å². The lowest BCUT2D eigenvalue weighted by Gasteiger charge is -2.08. The second-order valence-corrected chi connectivity index (χ2v) is 7.33. The maximum Gasteiger partial charge on any atom is 0.273 e. The van der Waals surface area contributed by atoms with Gasteiger partial charge in [-0.25, -0.2) is 14.3 Å². The molecule has 0 aliphatic heterocycles. The highest BCUT2D eigenvalue weighted by atomic mass is 16.2. The number of aromatic nitrogens is 5. The van der Waals surface area contributed by atoms with Gasteiger partial charge in [0.1, 0.15) is 18.3 Å². The molecule has 2 amide bonds. The van der Waals surface area contributed by atoms with Crippen LogP contribution in [0.1, 0.15) is 20.7 Å². The number of carbonyl (C=O) groups excluding carboxylic acids is 2. The van der Waals surface area contributed by atoms with Crippen LogP contribution in [0.2, 0.25) is 0 Å². The maximum atomic E-state index is 13.0. The molecule has 5 aromatic rings. The van der Waals surface area contributed by atoms with Gasteiger partial charge in [0.2, 0.25) is 0 Å². The van der Waals surface area contributed by atoms with E-state index in [2.05, 4.69) is 26.0 Å². The summed E-state index contributed by atoms with van der Waals surface area (Å²) in [4.78, 5) is 29.5. The van der Waals surface area contributed by atoms with Crippen LogP contribution in [0.3, 0.4) is 0 Å². The number of hydrogen-bond donors (Lipinski definition) is 2. The molecular formula is C25H19N7O2. The van der Waals surface area contributed by atoms with E-state index in [1.807, 2.05) is 60.7 Å². The Kier molecular flexibility index (Phi) is 5.64. The number of carbonyl (C=O) groups is 2. The number of rotatable bonds is 5. The zero-order valence-electron chi connectivity index (χ0n) is 17.9. The van der Waals surface area contributed by atoms with E-state index >= 15 is 0 Å². The predicted octanol–water partition coefficient (Wildman–Crippen LogP) is 3.19. The van der Waals surface area contributed by atoms with Crippen molar-refractivity contribution in [1.82, 2.24) is 35.4 Å². The third-order valence-corrected chi connectivity index (χ3v) is 5.13. The molecule has 0 saturated carbocycles. The first-order valence-corrected chi connectivity index (χ1v) is 10.5. The topological polar surface area (TPSA) is 107 Å². The molecule has 0 saturated heterocycles. The minimum atomic E-state index is -0.478. The molecule has 0 atom stereocenters. The summed E-state index contributed by atoms with van der Waals surface area (Å²) in [7, 11) is 0. The number of para-hydroxylation sites is 1. The number of amides is 2. The van der Waals surface area contributed by atoms with E-state index in [0.717, 1.165) is 16.9 Å². The summed E-state index contributed by atoms with van der Waals surface area (Å²) in [6, 6.07) is 25.7. The van der Waals surface area contributed by atoms with E-state index in [4.69, 9.17) is 0 Å². The Morgan fingerprint density at radius 3 is 2.03 bits per heavy atom. The lowest BCUT2D eigenvalue weighted by molar-refractivity contribution is 0.0847. The molecule has 9 heteroatoms. The first-order chi connectivity index (χ1) is 16.7. The van der Waals surface area contributed by atoms with Crippen molar-refractivity contribution in [1.29, 1.82) is 0 Å². The highest BCUT2D eigenvalue weighted by molar-refractivity contribution is 6.02. The summed E-state index contributed by atoms with van der Waals surface area (Å²) in [5.74, 6) is -0.927. The fourth-order valence-corrected chi connectivity index (χ4v) is 3.42. The molecular weight excluding hydrogens is 430 g/mol. The summed E-state index contributed by atoms with van der Waals surface area (Å²) in [5, 5.41) is 8.67. The van der Waals surface area contributed by atoms with Crippen molar-refractivity contribution in [2.45, 2.75) is 0 Å². The Balaban J connectivity index is 1.35. The van der Waals surface area contributed by atoms with Crippen LogP contribution in [-0.4, -0.2) is 36.4 Å². The van der Waals surface area contributed by atoms with Gasteiger partial charge in [-0.05, 0) is 36.4 Å². The summed E-state index contributed by atoms with van der Waals surface area (Å²) in [6.45, 7) is 0. The Morgan fingerprint density at radius 1 is 0.706 bits per heavy atom. The average molecular weight is 449 g/mol. The minimum Gasteiger partial charge on any atom is -0.267 e. The zero-order chi connectivity index (χ0) is 23.3. The molecule has 0 bridgehead atoms. The highest BCUT2D eigenvalue weighted by Gasteiger charge is 2.19. The minimum absolute atomic E-state index is 0.330. The van der Waals surface area contributed by atoms with Gasteiger partial charge in [0, 0.05) is 17.3 Å². The molecule has 0 radical (unpaired) electrons. The van der Waals surface area contributed by atoms with Gasteiger partial charge in [-0.3, -0.25) is 20.4 Å². The molecule has 34 heavy (non-hydrogen) atoms. The quantitative estimate of drug-likeness (QED) is 0.401. The van der Waals surface area contributed by atoms with Crippen molar-refractivity contribution in [3.05, 3.63) is 115 Å². The molecule has 0 spiro atoms. The fourth-order valence-electron chi connectivity index (χ4n) is 3.42.